The number of nitrogens with one attached hydrogen (secondary N) is 1. The second-order valence-electron chi connectivity index (χ2n) is 7.30. The highest BCUT2D eigenvalue weighted by Gasteiger charge is 2.35. The van der Waals surface area contributed by atoms with E-state index in [-0.39, 0.29) is 16.1 Å². The minimum Gasteiger partial charge on any atom is -0.322 e. The number of sulfonamides is 1. The summed E-state index contributed by atoms with van der Waals surface area (Å²) in [6.07, 6.45) is -4.67. The van der Waals surface area contributed by atoms with Crippen LogP contribution in [0.15, 0.2) is 59.5 Å². The van der Waals surface area contributed by atoms with Gasteiger partial charge in [0.15, 0.2) is 0 Å². The maximum atomic E-state index is 13.1. The molecule has 1 aliphatic rings. The number of alkyl halides is 3. The molecule has 1 N–H and O–H groups in total. The molecule has 5 nitrogen and oxygen atoms in total. The number of halogens is 4. The SMILES string of the molecule is Cc1cc(C(=O)Nc2ccc(Cl)c(C(F)(F)F)c2)cc2c1N(C)S(=O)(=O)c1ccccc1-2. The number of hydrogen-bond donors (Lipinski definition) is 1. The molecule has 3 aromatic carbocycles. The first kappa shape index (κ1) is 22.2. The standard InChI is InChI=1S/C22H16ClF3N2O3S/c1-12-9-13(21(29)27-14-7-8-18(23)17(11-14)22(24,25)26)10-16-15-5-3-4-6-19(15)32(30,31)28(2)20(12)16/h3-11H,1-2H3,(H,27,29). The summed E-state index contributed by atoms with van der Waals surface area (Å²) in [5.41, 5.74) is 1.000. The molecule has 10 heteroatoms. The van der Waals surface area contributed by atoms with E-state index in [1.165, 1.54) is 31.3 Å². The van der Waals surface area contributed by atoms with E-state index in [4.69, 9.17) is 11.6 Å². The quantitative estimate of drug-likeness (QED) is 0.509. The molecule has 0 saturated carbocycles. The minimum atomic E-state index is -4.67. The summed E-state index contributed by atoms with van der Waals surface area (Å²) in [5, 5.41) is 1.98. The number of carbonyl (C=O) groups excluding carboxylic acids is 1. The van der Waals surface area contributed by atoms with E-state index >= 15 is 0 Å². The van der Waals surface area contributed by atoms with Crippen molar-refractivity contribution in [3.63, 3.8) is 0 Å². The molecule has 1 heterocycles. The van der Waals surface area contributed by atoms with Crippen LogP contribution in [0.25, 0.3) is 11.1 Å². The van der Waals surface area contributed by atoms with Crippen molar-refractivity contribution in [1.29, 1.82) is 0 Å². The van der Waals surface area contributed by atoms with E-state index < -0.39 is 32.7 Å². The molecule has 0 aliphatic carbocycles. The van der Waals surface area contributed by atoms with Crippen LogP contribution in [-0.4, -0.2) is 21.4 Å². The van der Waals surface area contributed by atoms with Crippen molar-refractivity contribution in [1.82, 2.24) is 0 Å². The Morgan fingerprint density at radius 3 is 2.41 bits per heavy atom. The lowest BCUT2D eigenvalue weighted by atomic mass is 9.96. The van der Waals surface area contributed by atoms with Crippen molar-refractivity contribution in [3.05, 3.63) is 76.3 Å². The van der Waals surface area contributed by atoms with Crippen LogP contribution in [0.5, 0.6) is 0 Å². The third kappa shape index (κ3) is 3.61. The van der Waals surface area contributed by atoms with Gasteiger partial charge in [0.1, 0.15) is 0 Å². The molecule has 0 spiro atoms. The van der Waals surface area contributed by atoms with Gasteiger partial charge in [-0.15, -0.1) is 0 Å². The fourth-order valence-corrected chi connectivity index (χ4v) is 5.45. The summed E-state index contributed by atoms with van der Waals surface area (Å²) in [7, 11) is -2.31. The molecule has 4 rings (SSSR count). The molecule has 1 aliphatic heterocycles. The van der Waals surface area contributed by atoms with Crippen LogP contribution >= 0.6 is 11.6 Å². The van der Waals surface area contributed by atoms with Crippen molar-refractivity contribution in [2.75, 3.05) is 16.7 Å². The number of fused-ring (bicyclic) bond motifs is 3. The molecular formula is C22H16ClF3N2O3S. The van der Waals surface area contributed by atoms with Crippen LogP contribution in [-0.2, 0) is 16.2 Å². The molecule has 0 unspecified atom stereocenters. The maximum absolute atomic E-state index is 13.1. The summed E-state index contributed by atoms with van der Waals surface area (Å²) in [5.74, 6) is -0.639. The zero-order valence-corrected chi connectivity index (χ0v) is 18.4. The monoisotopic (exact) mass is 480 g/mol. The minimum absolute atomic E-state index is 0.0674. The Morgan fingerprint density at radius 2 is 1.72 bits per heavy atom. The summed E-state index contributed by atoms with van der Waals surface area (Å²) < 4.78 is 66.2. The van der Waals surface area contributed by atoms with Gasteiger partial charge in [-0.2, -0.15) is 13.2 Å². The van der Waals surface area contributed by atoms with E-state index in [1.54, 1.807) is 25.1 Å². The lowest BCUT2D eigenvalue weighted by molar-refractivity contribution is -0.137. The molecule has 32 heavy (non-hydrogen) atoms. The number of carbonyl (C=O) groups is 1. The van der Waals surface area contributed by atoms with Crippen LogP contribution < -0.4 is 9.62 Å². The molecule has 0 fully saturated rings. The lowest BCUT2D eigenvalue weighted by Crippen LogP contribution is -2.31. The van der Waals surface area contributed by atoms with Crippen molar-refractivity contribution in [3.8, 4) is 11.1 Å². The van der Waals surface area contributed by atoms with Gasteiger partial charge in [-0.25, -0.2) is 8.42 Å². The highest BCUT2D eigenvalue weighted by atomic mass is 35.5. The van der Waals surface area contributed by atoms with Crippen molar-refractivity contribution in [2.24, 2.45) is 0 Å². The van der Waals surface area contributed by atoms with Crippen LogP contribution in [0.1, 0.15) is 21.5 Å². The molecular weight excluding hydrogens is 465 g/mol. The zero-order valence-electron chi connectivity index (χ0n) is 16.8. The number of anilines is 2. The van der Waals surface area contributed by atoms with E-state index in [0.717, 1.165) is 16.4 Å². The van der Waals surface area contributed by atoms with Gasteiger partial charge in [0.2, 0.25) is 0 Å². The Labute approximate surface area is 187 Å². The predicted molar refractivity (Wildman–Crippen MR) is 117 cm³/mol. The molecule has 0 aromatic heterocycles. The summed E-state index contributed by atoms with van der Waals surface area (Å²) in [4.78, 5) is 13.0. The van der Waals surface area contributed by atoms with Gasteiger partial charge in [-0.3, -0.25) is 9.10 Å². The summed E-state index contributed by atoms with van der Waals surface area (Å²) in [6.45, 7) is 1.67. The fraction of sp³-hybridized carbons (Fsp3) is 0.136. The van der Waals surface area contributed by atoms with Gasteiger partial charge >= 0.3 is 6.18 Å². The largest absolute Gasteiger partial charge is 0.417 e. The normalized spacial score (nSPS) is 14.5. The topological polar surface area (TPSA) is 66.5 Å². The second-order valence-corrected chi connectivity index (χ2v) is 9.65. The van der Waals surface area contributed by atoms with Crippen LogP contribution in [0.4, 0.5) is 24.5 Å². The number of aryl methyl sites for hydroxylation is 1. The molecule has 0 saturated heterocycles. The lowest BCUT2D eigenvalue weighted by Gasteiger charge is -2.31. The smallest absolute Gasteiger partial charge is 0.322 e. The molecule has 3 aromatic rings. The number of benzene rings is 3. The number of hydrogen-bond acceptors (Lipinski definition) is 3. The molecule has 0 bridgehead atoms. The molecule has 1 amide bonds. The number of amides is 1. The highest BCUT2D eigenvalue weighted by molar-refractivity contribution is 7.93. The Bertz CT molecular complexity index is 1370. The average Bonchev–Trinajstić information content (AvgIpc) is 2.72. The second kappa shape index (κ2) is 7.53. The fourth-order valence-electron chi connectivity index (χ4n) is 3.74. The van der Waals surface area contributed by atoms with Crippen molar-refractivity contribution < 1.29 is 26.4 Å². The third-order valence-electron chi connectivity index (χ3n) is 5.22. The van der Waals surface area contributed by atoms with Gasteiger partial charge in [0, 0.05) is 29.4 Å². The third-order valence-corrected chi connectivity index (χ3v) is 7.37. The van der Waals surface area contributed by atoms with Crippen LogP contribution in [0.3, 0.4) is 0 Å². The Hall–Kier alpha value is -3.04. The van der Waals surface area contributed by atoms with Gasteiger partial charge in [0.05, 0.1) is 21.2 Å². The van der Waals surface area contributed by atoms with Gasteiger partial charge < -0.3 is 5.32 Å². The van der Waals surface area contributed by atoms with Crippen molar-refractivity contribution in [2.45, 2.75) is 18.0 Å². The molecule has 0 atom stereocenters. The first-order chi connectivity index (χ1) is 14.9. The Kier molecular flexibility index (Phi) is 5.21. The first-order valence-corrected chi connectivity index (χ1v) is 11.1. The Balaban J connectivity index is 1.77. The van der Waals surface area contributed by atoms with E-state index in [2.05, 4.69) is 5.32 Å². The van der Waals surface area contributed by atoms with Crippen molar-refractivity contribution >= 4 is 38.9 Å². The van der Waals surface area contributed by atoms with E-state index in [1.807, 2.05) is 0 Å². The van der Waals surface area contributed by atoms with Crippen LogP contribution in [0.2, 0.25) is 5.02 Å². The average molecular weight is 481 g/mol. The predicted octanol–water partition coefficient (Wildman–Crippen LogP) is 5.73. The maximum Gasteiger partial charge on any atom is 0.417 e. The van der Waals surface area contributed by atoms with Gasteiger partial charge in [-0.1, -0.05) is 29.8 Å². The summed E-state index contributed by atoms with van der Waals surface area (Å²) in [6, 6.07) is 12.6. The van der Waals surface area contributed by atoms with Gasteiger partial charge in [0.25, 0.3) is 15.9 Å². The van der Waals surface area contributed by atoms with Crippen LogP contribution in [0, 0.1) is 6.92 Å². The summed E-state index contributed by atoms with van der Waals surface area (Å²) >= 11 is 5.63. The first-order valence-electron chi connectivity index (χ1n) is 9.32. The molecule has 166 valence electrons. The highest BCUT2D eigenvalue weighted by Crippen LogP contribution is 2.44. The zero-order chi connectivity index (χ0) is 23.4. The number of rotatable bonds is 2. The van der Waals surface area contributed by atoms with E-state index in [9.17, 15) is 26.4 Å². The van der Waals surface area contributed by atoms with Gasteiger partial charge in [-0.05, 0) is 48.9 Å². The number of nitrogens with zero attached hydrogens (tertiary/aromatic N) is 1. The Morgan fingerprint density at radius 1 is 1.03 bits per heavy atom. The van der Waals surface area contributed by atoms with E-state index in [0.29, 0.717) is 22.4 Å². The molecule has 0 radical (unpaired) electrons.